The van der Waals surface area contributed by atoms with Crippen molar-refractivity contribution >= 4 is 0 Å². The molecule has 6 rings (SSSR count). The molecule has 0 amide bonds. The normalized spacial score (nSPS) is 35.5. The van der Waals surface area contributed by atoms with Gasteiger partial charge in [0.25, 0.3) is 0 Å². The molecular weight excluding hydrogens is 582 g/mol. The number of piperidine rings is 1. The van der Waals surface area contributed by atoms with Crippen LogP contribution in [0.2, 0.25) is 0 Å². The van der Waals surface area contributed by atoms with Gasteiger partial charge < -0.3 is 55.2 Å². The lowest BCUT2D eigenvalue weighted by atomic mass is 9.70. The van der Waals surface area contributed by atoms with Crippen LogP contribution in [0.4, 0.5) is 0 Å². The van der Waals surface area contributed by atoms with Gasteiger partial charge in [0.2, 0.25) is 0 Å². The number of rotatable bonds is 2. The van der Waals surface area contributed by atoms with E-state index in [2.05, 4.69) is 47.8 Å². The molecule has 0 bridgehead atoms. The van der Waals surface area contributed by atoms with Crippen LogP contribution in [-0.4, -0.2) is 140 Å². The predicted octanol–water partition coefficient (Wildman–Crippen LogP) is -1.93. The van der Waals surface area contributed by atoms with Gasteiger partial charge in [-0.2, -0.15) is 0 Å². The molecular formula is C34H39NO10. The van der Waals surface area contributed by atoms with Crippen LogP contribution in [0.15, 0.2) is 36.4 Å². The minimum atomic E-state index is -1.50. The molecule has 3 heterocycles. The second-order valence-electron chi connectivity index (χ2n) is 12.4. The van der Waals surface area contributed by atoms with Crippen LogP contribution in [0, 0.1) is 23.7 Å². The van der Waals surface area contributed by atoms with E-state index in [1.54, 1.807) is 0 Å². The highest BCUT2D eigenvalue weighted by Crippen LogP contribution is 2.54. The Morgan fingerprint density at radius 3 is 1.49 bits per heavy atom. The van der Waals surface area contributed by atoms with Gasteiger partial charge in [-0.1, -0.05) is 35.8 Å². The van der Waals surface area contributed by atoms with Crippen LogP contribution in [0.5, 0.6) is 0 Å². The summed E-state index contributed by atoms with van der Waals surface area (Å²) >= 11 is 0. The fourth-order valence-electron chi connectivity index (χ4n) is 6.94. The molecule has 240 valence electrons. The number of aliphatic hydroxyl groups is 8. The Bertz CT molecular complexity index is 1420. The van der Waals surface area contributed by atoms with Crippen molar-refractivity contribution in [2.45, 2.75) is 79.3 Å². The molecule has 4 aliphatic rings. The zero-order valence-electron chi connectivity index (χ0n) is 24.8. The summed E-state index contributed by atoms with van der Waals surface area (Å²) in [5.74, 6) is 11.9. The Hall–Kier alpha value is -2.88. The molecule has 1 spiro atoms. The lowest BCUT2D eigenvalue weighted by molar-refractivity contribution is -0.214. The maximum absolute atomic E-state index is 10.4. The van der Waals surface area contributed by atoms with E-state index >= 15 is 0 Å². The van der Waals surface area contributed by atoms with Crippen LogP contribution in [0.25, 0.3) is 11.1 Å². The van der Waals surface area contributed by atoms with E-state index in [1.807, 2.05) is 24.3 Å². The number of fused-ring (bicyclic) bond motifs is 5. The van der Waals surface area contributed by atoms with E-state index in [1.165, 1.54) is 0 Å². The van der Waals surface area contributed by atoms with E-state index in [-0.39, 0.29) is 5.41 Å². The van der Waals surface area contributed by atoms with Gasteiger partial charge >= 0.3 is 0 Å². The first-order valence-corrected chi connectivity index (χ1v) is 15.2. The lowest BCUT2D eigenvalue weighted by Crippen LogP contribution is -2.58. The van der Waals surface area contributed by atoms with Crippen molar-refractivity contribution in [3.63, 3.8) is 0 Å². The monoisotopic (exact) mass is 621 g/mol. The maximum atomic E-state index is 10.4. The summed E-state index contributed by atoms with van der Waals surface area (Å²) in [7, 11) is 2.09. The molecule has 11 nitrogen and oxygen atoms in total. The summed E-state index contributed by atoms with van der Waals surface area (Å²) in [5.41, 5.74) is 5.51. The van der Waals surface area contributed by atoms with Crippen LogP contribution >= 0.6 is 0 Å². The quantitative estimate of drug-likeness (QED) is 0.175. The summed E-state index contributed by atoms with van der Waals surface area (Å²) in [6, 6.07) is 11.9. The second-order valence-corrected chi connectivity index (χ2v) is 12.4. The van der Waals surface area contributed by atoms with E-state index in [0.29, 0.717) is 11.1 Å². The van der Waals surface area contributed by atoms with Gasteiger partial charge in [0.1, 0.15) is 61.0 Å². The topological polar surface area (TPSA) is 184 Å². The smallest absolute Gasteiger partial charge is 0.147 e. The number of benzene rings is 2. The highest BCUT2D eigenvalue weighted by Gasteiger charge is 2.46. The van der Waals surface area contributed by atoms with Crippen molar-refractivity contribution in [1.29, 1.82) is 0 Å². The molecule has 3 fully saturated rings. The van der Waals surface area contributed by atoms with Crippen molar-refractivity contribution in [2.24, 2.45) is 0 Å². The molecule has 2 aromatic carbocycles. The summed E-state index contributed by atoms with van der Waals surface area (Å²) in [6.07, 6.45) is -11.3. The molecule has 3 saturated heterocycles. The second kappa shape index (κ2) is 12.7. The Morgan fingerprint density at radius 2 is 1.09 bits per heavy atom. The van der Waals surface area contributed by atoms with Gasteiger partial charge in [-0.25, -0.2) is 0 Å². The van der Waals surface area contributed by atoms with Crippen molar-refractivity contribution in [3.05, 3.63) is 58.7 Å². The Labute approximate surface area is 261 Å². The van der Waals surface area contributed by atoms with Crippen LogP contribution in [0.1, 0.15) is 35.1 Å². The number of hydrogen-bond acceptors (Lipinski definition) is 11. The number of hydrogen-bond donors (Lipinski definition) is 8. The minimum absolute atomic E-state index is 0.307. The van der Waals surface area contributed by atoms with Gasteiger partial charge in [-0.15, -0.1) is 0 Å². The Balaban J connectivity index is 1.32. The Morgan fingerprint density at radius 1 is 0.667 bits per heavy atom. The van der Waals surface area contributed by atoms with E-state index in [9.17, 15) is 40.9 Å². The first kappa shape index (κ1) is 32.1. The number of aliphatic hydroxyl groups excluding tert-OH is 8. The number of nitrogens with zero attached hydrogens (tertiary/aromatic N) is 1. The molecule has 2 aromatic rings. The highest BCUT2D eigenvalue weighted by atomic mass is 16.5. The van der Waals surface area contributed by atoms with Crippen molar-refractivity contribution in [1.82, 2.24) is 4.90 Å². The first-order valence-electron chi connectivity index (χ1n) is 15.2. The first-order chi connectivity index (χ1) is 21.6. The highest BCUT2D eigenvalue weighted by molar-refractivity contribution is 5.82. The molecule has 1 aliphatic carbocycles. The number of ether oxygens (including phenoxy) is 2. The molecule has 10 unspecified atom stereocenters. The third-order valence-corrected chi connectivity index (χ3v) is 9.70. The minimum Gasteiger partial charge on any atom is -0.394 e. The van der Waals surface area contributed by atoms with Crippen molar-refractivity contribution in [2.75, 3.05) is 33.4 Å². The van der Waals surface area contributed by atoms with E-state index in [0.717, 1.165) is 48.2 Å². The van der Waals surface area contributed by atoms with E-state index < -0.39 is 74.3 Å². The summed E-state index contributed by atoms with van der Waals surface area (Å²) in [5, 5.41) is 80.3. The zero-order valence-corrected chi connectivity index (χ0v) is 24.8. The average Bonchev–Trinajstić information content (AvgIpc) is 3.31. The van der Waals surface area contributed by atoms with E-state index in [4.69, 9.17) is 9.47 Å². The molecule has 0 radical (unpaired) electrons. The van der Waals surface area contributed by atoms with Crippen molar-refractivity contribution < 1.29 is 50.3 Å². The molecule has 10 atom stereocenters. The summed E-state index contributed by atoms with van der Waals surface area (Å²) in [4.78, 5) is 2.29. The molecule has 0 aromatic heterocycles. The van der Waals surface area contributed by atoms with Crippen LogP contribution < -0.4 is 0 Å². The molecule has 45 heavy (non-hydrogen) atoms. The van der Waals surface area contributed by atoms with Crippen molar-refractivity contribution in [3.8, 4) is 34.8 Å². The maximum Gasteiger partial charge on any atom is 0.147 e. The van der Waals surface area contributed by atoms with Gasteiger partial charge in [0, 0.05) is 16.5 Å². The standard InChI is InChI=1S/C34H39NO10/c1-35-12-10-34(11-13-35)22-14-18(4-8-24-28(38)32(42)30(40)26(16-36)44-24)2-6-20(22)21-7-3-19(15-23(21)34)5-9-25-29(39)33(43)31(41)27(17-37)45-25/h2-3,6-7,14-15,24-33,36-43H,10-13,16-17H2,1H3. The van der Waals surface area contributed by atoms with Gasteiger partial charge in [0.15, 0.2) is 0 Å². The fraction of sp³-hybridized carbons (Fsp3) is 0.529. The fourth-order valence-corrected chi connectivity index (χ4v) is 6.94. The van der Waals surface area contributed by atoms with Crippen LogP contribution in [-0.2, 0) is 14.9 Å². The molecule has 3 aliphatic heterocycles. The Kier molecular flexibility index (Phi) is 9.07. The lowest BCUT2D eigenvalue weighted by Gasteiger charge is -2.39. The number of likely N-dealkylation sites (tertiary alicyclic amines) is 1. The largest absolute Gasteiger partial charge is 0.394 e. The third kappa shape index (κ3) is 5.69. The van der Waals surface area contributed by atoms with Gasteiger partial charge in [-0.3, -0.25) is 0 Å². The SMILES string of the molecule is CN1CCC2(CC1)c1cc(C#CC3OC(CO)C(O)C(O)C3O)ccc1-c1ccc(C#CC3OC(CO)C(O)C(O)C3O)cc12. The van der Waals surface area contributed by atoms with Crippen LogP contribution in [0.3, 0.4) is 0 Å². The summed E-state index contributed by atoms with van der Waals surface area (Å²) < 4.78 is 11.1. The predicted molar refractivity (Wildman–Crippen MR) is 161 cm³/mol. The molecule has 11 heteroatoms. The van der Waals surface area contributed by atoms with Gasteiger partial charge in [-0.05, 0) is 79.5 Å². The molecule has 0 saturated carbocycles. The third-order valence-electron chi connectivity index (χ3n) is 9.70. The van der Waals surface area contributed by atoms with Gasteiger partial charge in [0.05, 0.1) is 13.2 Å². The summed E-state index contributed by atoms with van der Waals surface area (Å²) in [6.45, 7) is 0.707. The average molecular weight is 622 g/mol. The zero-order chi connectivity index (χ0) is 32.0. The molecule has 8 N–H and O–H groups in total.